The van der Waals surface area contributed by atoms with Crippen LogP contribution in [0.25, 0.3) is 0 Å². The molecule has 0 aliphatic carbocycles. The van der Waals surface area contributed by atoms with Gasteiger partial charge < -0.3 is 35.9 Å². The van der Waals surface area contributed by atoms with Crippen molar-refractivity contribution in [3.8, 4) is 0 Å². The average molecular weight is 320 g/mol. The van der Waals surface area contributed by atoms with Crippen molar-refractivity contribution in [1.29, 1.82) is 0 Å². The number of hydroxylamine groups is 1. The Labute approximate surface area is 131 Å². The molecular weight excluding hydrogens is 290 g/mol. The normalized spacial score (nSPS) is 39.1. The summed E-state index contributed by atoms with van der Waals surface area (Å²) < 4.78 is 5.37. The Morgan fingerprint density at radius 1 is 1.14 bits per heavy atom. The minimum absolute atomic E-state index is 0.144. The van der Waals surface area contributed by atoms with E-state index in [0.29, 0.717) is 6.42 Å². The van der Waals surface area contributed by atoms with Crippen LogP contribution in [-0.4, -0.2) is 56.7 Å². The topological polar surface area (TPSA) is 125 Å². The van der Waals surface area contributed by atoms with Gasteiger partial charge in [0.05, 0.1) is 12.1 Å². The number of rotatable bonds is 9. The number of aliphatic hydroxyl groups is 4. The SMILES string of the molecule is CCCCCCCCC1(O)O[C@H](CO)[C@@H](O)[C@H](O)[C@@]1(C)N[O-]. The maximum absolute atomic E-state index is 11.3. The Morgan fingerprint density at radius 2 is 1.73 bits per heavy atom. The smallest absolute Gasteiger partial charge is 0.186 e. The summed E-state index contributed by atoms with van der Waals surface area (Å²) in [6.07, 6.45) is 2.00. The summed E-state index contributed by atoms with van der Waals surface area (Å²) >= 11 is 0. The molecule has 22 heavy (non-hydrogen) atoms. The van der Waals surface area contributed by atoms with E-state index in [1.807, 2.05) is 0 Å². The van der Waals surface area contributed by atoms with Crippen LogP contribution in [0.5, 0.6) is 0 Å². The molecule has 1 heterocycles. The molecule has 1 aliphatic rings. The molecular formula is C15H30NO6-. The van der Waals surface area contributed by atoms with Crippen molar-refractivity contribution >= 4 is 0 Å². The molecule has 1 fully saturated rings. The van der Waals surface area contributed by atoms with E-state index in [-0.39, 0.29) is 6.42 Å². The zero-order chi connectivity index (χ0) is 16.8. The van der Waals surface area contributed by atoms with Crippen molar-refractivity contribution in [3.05, 3.63) is 5.21 Å². The summed E-state index contributed by atoms with van der Waals surface area (Å²) in [7, 11) is 0. The first kappa shape index (κ1) is 19.8. The molecule has 5 atom stereocenters. The molecule has 0 spiro atoms. The van der Waals surface area contributed by atoms with E-state index in [4.69, 9.17) is 4.74 Å². The first-order chi connectivity index (χ1) is 10.4. The van der Waals surface area contributed by atoms with Crippen molar-refractivity contribution in [1.82, 2.24) is 5.48 Å². The first-order valence-corrected chi connectivity index (χ1v) is 8.12. The first-order valence-electron chi connectivity index (χ1n) is 8.12. The van der Waals surface area contributed by atoms with Gasteiger partial charge in [0.2, 0.25) is 0 Å². The predicted molar refractivity (Wildman–Crippen MR) is 81.8 cm³/mol. The Morgan fingerprint density at radius 3 is 2.27 bits per heavy atom. The second-order valence-corrected chi connectivity index (χ2v) is 6.38. The molecule has 0 aromatic heterocycles. The minimum atomic E-state index is -1.94. The van der Waals surface area contributed by atoms with Gasteiger partial charge >= 0.3 is 0 Å². The molecule has 1 rings (SSSR count). The van der Waals surface area contributed by atoms with Crippen LogP contribution in [0.2, 0.25) is 0 Å². The third kappa shape index (κ3) is 3.97. The zero-order valence-corrected chi connectivity index (χ0v) is 13.5. The second-order valence-electron chi connectivity index (χ2n) is 6.38. The van der Waals surface area contributed by atoms with Gasteiger partial charge in [0.1, 0.15) is 18.3 Å². The van der Waals surface area contributed by atoms with Crippen LogP contribution in [-0.2, 0) is 4.74 Å². The third-order valence-corrected chi connectivity index (χ3v) is 4.71. The van der Waals surface area contributed by atoms with E-state index in [1.165, 1.54) is 6.92 Å². The van der Waals surface area contributed by atoms with Gasteiger partial charge in [-0.25, -0.2) is 0 Å². The molecule has 1 saturated heterocycles. The van der Waals surface area contributed by atoms with Crippen molar-refractivity contribution < 1.29 is 25.2 Å². The largest absolute Gasteiger partial charge is 0.787 e. The van der Waals surface area contributed by atoms with E-state index in [0.717, 1.165) is 32.1 Å². The van der Waals surface area contributed by atoms with Crippen LogP contribution < -0.4 is 5.48 Å². The van der Waals surface area contributed by atoms with Gasteiger partial charge in [-0.3, -0.25) is 0 Å². The Hall–Kier alpha value is -0.280. The monoisotopic (exact) mass is 320 g/mol. The van der Waals surface area contributed by atoms with E-state index >= 15 is 0 Å². The van der Waals surface area contributed by atoms with Crippen LogP contribution in [0, 0.1) is 5.21 Å². The number of unbranched alkanes of at least 4 members (excludes halogenated alkanes) is 5. The maximum atomic E-state index is 11.3. The van der Waals surface area contributed by atoms with E-state index in [1.54, 1.807) is 5.48 Å². The number of hydrogen-bond acceptors (Lipinski definition) is 7. The molecule has 0 aromatic carbocycles. The molecule has 0 radical (unpaired) electrons. The highest BCUT2D eigenvalue weighted by Gasteiger charge is 2.59. The lowest BCUT2D eigenvalue weighted by Crippen LogP contribution is -2.76. The molecule has 7 nitrogen and oxygen atoms in total. The molecule has 0 aromatic rings. The summed E-state index contributed by atoms with van der Waals surface area (Å²) in [5.74, 6) is -1.94. The maximum Gasteiger partial charge on any atom is 0.186 e. The average Bonchev–Trinajstić information content (AvgIpc) is 2.52. The van der Waals surface area contributed by atoms with Crippen LogP contribution in [0.15, 0.2) is 0 Å². The van der Waals surface area contributed by atoms with Crippen LogP contribution in [0.4, 0.5) is 0 Å². The van der Waals surface area contributed by atoms with Gasteiger partial charge in [-0.15, -0.1) is 0 Å². The molecule has 132 valence electrons. The highest BCUT2D eigenvalue weighted by atomic mass is 16.7. The summed E-state index contributed by atoms with van der Waals surface area (Å²) in [5, 5.41) is 51.3. The quantitative estimate of drug-likeness (QED) is 0.307. The molecule has 0 amide bonds. The van der Waals surface area contributed by atoms with Gasteiger partial charge in [0, 0.05) is 6.42 Å². The van der Waals surface area contributed by atoms with Crippen molar-refractivity contribution in [2.45, 2.75) is 88.4 Å². The minimum Gasteiger partial charge on any atom is -0.787 e. The third-order valence-electron chi connectivity index (χ3n) is 4.71. The van der Waals surface area contributed by atoms with Crippen LogP contribution in [0.1, 0.15) is 58.8 Å². The number of ether oxygens (including phenoxy) is 1. The lowest BCUT2D eigenvalue weighted by atomic mass is 9.76. The predicted octanol–water partition coefficient (Wildman–Crippen LogP) is 0.385. The summed E-state index contributed by atoms with van der Waals surface area (Å²) in [4.78, 5) is 0. The molecule has 1 unspecified atom stereocenters. The zero-order valence-electron chi connectivity index (χ0n) is 13.5. The molecule has 5 N–H and O–H groups in total. The molecule has 7 heteroatoms. The molecule has 0 bridgehead atoms. The summed E-state index contributed by atoms with van der Waals surface area (Å²) in [6, 6.07) is 0. The lowest BCUT2D eigenvalue weighted by Gasteiger charge is -2.56. The fourth-order valence-electron chi connectivity index (χ4n) is 2.97. The van der Waals surface area contributed by atoms with E-state index in [2.05, 4.69) is 6.92 Å². The van der Waals surface area contributed by atoms with Gasteiger partial charge in [0.15, 0.2) is 5.79 Å². The fourth-order valence-corrected chi connectivity index (χ4v) is 2.97. The highest BCUT2D eigenvalue weighted by molar-refractivity contribution is 5.10. The number of hydrogen-bond donors (Lipinski definition) is 5. The lowest BCUT2D eigenvalue weighted by molar-refractivity contribution is -0.346. The summed E-state index contributed by atoms with van der Waals surface area (Å²) in [5.41, 5.74) is -0.108. The van der Waals surface area contributed by atoms with E-state index in [9.17, 15) is 25.6 Å². The Kier molecular flexibility index (Phi) is 7.67. The van der Waals surface area contributed by atoms with Crippen molar-refractivity contribution in [2.24, 2.45) is 0 Å². The number of nitrogens with one attached hydrogen (secondary N) is 1. The van der Waals surface area contributed by atoms with Crippen LogP contribution in [0.3, 0.4) is 0 Å². The van der Waals surface area contributed by atoms with Crippen molar-refractivity contribution in [2.75, 3.05) is 6.61 Å². The highest BCUT2D eigenvalue weighted by Crippen LogP contribution is 2.39. The van der Waals surface area contributed by atoms with Crippen molar-refractivity contribution in [3.63, 3.8) is 0 Å². The Balaban J connectivity index is 2.69. The molecule has 1 aliphatic heterocycles. The van der Waals surface area contributed by atoms with Gasteiger partial charge in [-0.1, -0.05) is 39.0 Å². The number of aliphatic hydroxyl groups excluding tert-OH is 3. The van der Waals surface area contributed by atoms with Crippen LogP contribution >= 0.6 is 0 Å². The fraction of sp³-hybridized carbons (Fsp3) is 1.00. The molecule has 0 saturated carbocycles. The Bertz CT molecular complexity index is 331. The standard InChI is InChI=1S/C15H30NO6/c1-3-4-5-6-7-8-9-15(20)14(2,16-21)13(19)12(18)11(10-17)22-15/h11-13,16-20H,3-10H2,1-2H3/q-1/t11-,12-,13+,14-,15?/m1/s1. The van der Waals surface area contributed by atoms with Gasteiger partial charge in [-0.05, 0) is 13.3 Å². The second kappa shape index (κ2) is 8.54. The van der Waals surface area contributed by atoms with Gasteiger partial charge in [0.25, 0.3) is 0 Å². The summed E-state index contributed by atoms with van der Waals surface area (Å²) in [6.45, 7) is 2.90. The van der Waals surface area contributed by atoms with E-state index < -0.39 is 36.2 Å². The van der Waals surface area contributed by atoms with Gasteiger partial charge in [-0.2, -0.15) is 0 Å².